The van der Waals surface area contributed by atoms with Gasteiger partial charge in [0.25, 0.3) is 0 Å². The monoisotopic (exact) mass is 790 g/mol. The first-order valence-corrected chi connectivity index (χ1v) is 19.1. The van der Waals surface area contributed by atoms with Gasteiger partial charge in [-0.1, -0.05) is 80.4 Å². The lowest BCUT2D eigenvalue weighted by molar-refractivity contribution is -0.119. The standard InChI is InChI=1S/C39H39Cl2F3N2O6S/c1-6-52-31-18-25(38(48)49)13-14-30(31)46(19-23-15-27(24-11-12-24)17-28(16-23)39(3,4)5)32(47)21-45(20-26-9-7-8-10-29(26)40)53(50,51)37-33(41)34(42)22(2)35(43)36(37)44/h7-10,13-18,24H,6,11-12,19-21H2,1-5H3,(H,48,49). The molecule has 1 saturated carbocycles. The fourth-order valence-electron chi connectivity index (χ4n) is 5.88. The highest BCUT2D eigenvalue weighted by molar-refractivity contribution is 7.89. The number of aromatic carboxylic acids is 1. The summed E-state index contributed by atoms with van der Waals surface area (Å²) in [4.78, 5) is 26.4. The van der Waals surface area contributed by atoms with Crippen LogP contribution in [0.5, 0.6) is 5.75 Å². The summed E-state index contributed by atoms with van der Waals surface area (Å²) >= 11 is 12.5. The van der Waals surface area contributed by atoms with E-state index in [1.807, 2.05) is 12.1 Å². The smallest absolute Gasteiger partial charge is 0.335 e. The van der Waals surface area contributed by atoms with E-state index in [1.54, 1.807) is 19.1 Å². The molecule has 0 aliphatic heterocycles. The van der Waals surface area contributed by atoms with Crippen molar-refractivity contribution in [2.24, 2.45) is 0 Å². The van der Waals surface area contributed by atoms with E-state index < -0.39 is 67.9 Å². The van der Waals surface area contributed by atoms with Gasteiger partial charge < -0.3 is 14.7 Å². The number of ether oxygens (including phenoxy) is 1. The van der Waals surface area contributed by atoms with Crippen molar-refractivity contribution in [3.8, 4) is 5.75 Å². The van der Waals surface area contributed by atoms with Crippen molar-refractivity contribution in [2.75, 3.05) is 18.1 Å². The van der Waals surface area contributed by atoms with E-state index in [1.165, 1.54) is 35.2 Å². The van der Waals surface area contributed by atoms with E-state index in [0.717, 1.165) is 30.9 Å². The third-order valence-corrected chi connectivity index (χ3v) is 11.7. The number of anilines is 1. The number of sulfonamides is 1. The number of carboxylic acid groups (broad SMARTS) is 1. The number of halogens is 5. The molecule has 8 nitrogen and oxygen atoms in total. The molecule has 0 radical (unpaired) electrons. The average molecular weight is 792 g/mol. The molecule has 0 unspecified atom stereocenters. The summed E-state index contributed by atoms with van der Waals surface area (Å²) in [5.41, 5.74) is 1.92. The van der Waals surface area contributed by atoms with Crippen LogP contribution in [-0.2, 0) is 33.3 Å². The van der Waals surface area contributed by atoms with Gasteiger partial charge in [0, 0.05) is 17.1 Å². The zero-order valence-electron chi connectivity index (χ0n) is 29.8. The molecule has 0 aromatic heterocycles. The van der Waals surface area contributed by atoms with E-state index in [4.69, 9.17) is 27.9 Å². The molecule has 1 N–H and O–H groups in total. The molecule has 0 heterocycles. The van der Waals surface area contributed by atoms with Gasteiger partial charge in [-0.3, -0.25) is 4.79 Å². The van der Waals surface area contributed by atoms with Crippen LogP contribution in [0.25, 0.3) is 0 Å². The maximum atomic E-state index is 15.5. The number of carboxylic acids is 1. The minimum atomic E-state index is -5.27. The molecule has 0 atom stereocenters. The fraction of sp³-hybridized carbons (Fsp3) is 0.333. The lowest BCUT2D eigenvalue weighted by atomic mass is 9.84. The molecule has 0 bridgehead atoms. The summed E-state index contributed by atoms with van der Waals surface area (Å²) in [6.45, 7) is 7.14. The van der Waals surface area contributed by atoms with Crippen LogP contribution in [0.4, 0.5) is 18.9 Å². The zero-order valence-corrected chi connectivity index (χ0v) is 32.1. The summed E-state index contributed by atoms with van der Waals surface area (Å²) < 4.78 is 80.3. The molecule has 53 heavy (non-hydrogen) atoms. The Morgan fingerprint density at radius 2 is 1.62 bits per heavy atom. The molecule has 1 aliphatic carbocycles. The maximum Gasteiger partial charge on any atom is 0.335 e. The highest BCUT2D eigenvalue weighted by atomic mass is 35.5. The van der Waals surface area contributed by atoms with Gasteiger partial charge in [0.05, 0.1) is 36.0 Å². The van der Waals surface area contributed by atoms with Crippen molar-refractivity contribution < 1.29 is 41.0 Å². The average Bonchev–Trinajstić information content (AvgIpc) is 3.95. The van der Waals surface area contributed by atoms with E-state index in [-0.39, 0.29) is 46.2 Å². The van der Waals surface area contributed by atoms with Gasteiger partial charge in [-0.2, -0.15) is 4.31 Å². The molecule has 14 heteroatoms. The largest absolute Gasteiger partial charge is 0.492 e. The van der Waals surface area contributed by atoms with E-state index in [0.29, 0.717) is 15.8 Å². The fourth-order valence-corrected chi connectivity index (χ4v) is 8.07. The number of hydrogen-bond acceptors (Lipinski definition) is 5. The molecule has 4 aromatic rings. The Bertz CT molecular complexity index is 2160. The molecule has 5 rings (SSSR count). The first-order valence-electron chi connectivity index (χ1n) is 16.9. The van der Waals surface area contributed by atoms with Crippen molar-refractivity contribution in [1.82, 2.24) is 4.31 Å². The molecule has 282 valence electrons. The number of hydrogen-bond donors (Lipinski definition) is 1. The number of rotatable bonds is 13. The Morgan fingerprint density at radius 3 is 2.23 bits per heavy atom. The van der Waals surface area contributed by atoms with Crippen molar-refractivity contribution in [3.63, 3.8) is 0 Å². The summed E-state index contributed by atoms with van der Waals surface area (Å²) in [6, 6.07) is 16.1. The molecule has 4 aromatic carbocycles. The molecule has 1 aliphatic rings. The van der Waals surface area contributed by atoms with Crippen LogP contribution < -0.4 is 9.64 Å². The van der Waals surface area contributed by atoms with Crippen LogP contribution >= 0.6 is 23.2 Å². The SMILES string of the molecule is CCOc1cc(C(=O)O)ccc1N(Cc1cc(C2CC2)cc(C(C)(C)C)c1)C(=O)CN(Cc1ccccc1Cl)S(=O)(=O)c1c(F)c(F)c(C)c(F)c1Cl. The van der Waals surface area contributed by atoms with Gasteiger partial charge in [-0.15, -0.1) is 0 Å². The Hall–Kier alpha value is -4.10. The van der Waals surface area contributed by atoms with E-state index in [2.05, 4.69) is 26.8 Å². The van der Waals surface area contributed by atoms with E-state index >= 15 is 8.78 Å². The Balaban J connectivity index is 1.68. The van der Waals surface area contributed by atoms with Crippen LogP contribution in [0.1, 0.15) is 84.6 Å². The zero-order chi connectivity index (χ0) is 39.0. The highest BCUT2D eigenvalue weighted by Gasteiger charge is 2.38. The minimum absolute atomic E-state index is 0.0346. The summed E-state index contributed by atoms with van der Waals surface area (Å²) in [7, 11) is -5.27. The van der Waals surface area contributed by atoms with Crippen LogP contribution in [0.15, 0.2) is 65.6 Å². The van der Waals surface area contributed by atoms with Gasteiger partial charge in [-0.25, -0.2) is 26.4 Å². The molecular weight excluding hydrogens is 752 g/mol. The number of carbonyl (C=O) groups is 2. The Labute approximate surface area is 317 Å². The van der Waals surface area contributed by atoms with Crippen LogP contribution in [-0.4, -0.2) is 42.9 Å². The molecule has 1 amide bonds. The van der Waals surface area contributed by atoms with Crippen LogP contribution in [0.3, 0.4) is 0 Å². The van der Waals surface area contributed by atoms with Crippen molar-refractivity contribution in [3.05, 3.63) is 122 Å². The van der Waals surface area contributed by atoms with Gasteiger partial charge in [0.15, 0.2) is 11.6 Å². The molecule has 0 spiro atoms. The second kappa shape index (κ2) is 15.7. The predicted molar refractivity (Wildman–Crippen MR) is 198 cm³/mol. The van der Waals surface area contributed by atoms with Crippen LogP contribution in [0, 0.1) is 24.4 Å². The normalized spacial score (nSPS) is 13.3. The lowest BCUT2D eigenvalue weighted by Crippen LogP contribution is -2.43. The van der Waals surface area contributed by atoms with Crippen molar-refractivity contribution in [1.29, 1.82) is 0 Å². The summed E-state index contributed by atoms with van der Waals surface area (Å²) in [5, 5.41) is 8.65. The van der Waals surface area contributed by atoms with Gasteiger partial charge in [0.1, 0.15) is 16.5 Å². The highest BCUT2D eigenvalue weighted by Crippen LogP contribution is 2.42. The number of benzene rings is 4. The second-order valence-corrected chi connectivity index (χ2v) is 16.6. The topological polar surface area (TPSA) is 104 Å². The third kappa shape index (κ3) is 8.67. The van der Waals surface area contributed by atoms with Gasteiger partial charge in [0.2, 0.25) is 15.9 Å². The second-order valence-electron chi connectivity index (χ2n) is 14.0. The summed E-state index contributed by atoms with van der Waals surface area (Å²) in [5.74, 6) is -6.84. The van der Waals surface area contributed by atoms with Crippen molar-refractivity contribution in [2.45, 2.75) is 76.8 Å². The first kappa shape index (κ1) is 40.1. The van der Waals surface area contributed by atoms with Gasteiger partial charge >= 0.3 is 5.97 Å². The Morgan fingerprint density at radius 1 is 0.943 bits per heavy atom. The quantitative estimate of drug-likeness (QED) is 0.135. The lowest BCUT2D eigenvalue weighted by Gasteiger charge is -2.30. The molecular formula is C39H39Cl2F3N2O6S. The minimum Gasteiger partial charge on any atom is -0.492 e. The summed E-state index contributed by atoms with van der Waals surface area (Å²) in [6.07, 6.45) is 2.02. The van der Waals surface area contributed by atoms with Crippen molar-refractivity contribution >= 4 is 50.8 Å². The predicted octanol–water partition coefficient (Wildman–Crippen LogP) is 9.42. The third-order valence-electron chi connectivity index (χ3n) is 9.03. The number of carbonyl (C=O) groups excluding carboxylic acids is 1. The molecule has 1 fully saturated rings. The first-order chi connectivity index (χ1) is 24.8. The van der Waals surface area contributed by atoms with Gasteiger partial charge in [-0.05, 0) is 84.5 Å². The van der Waals surface area contributed by atoms with Crippen LogP contribution in [0.2, 0.25) is 10.0 Å². The maximum absolute atomic E-state index is 15.5. The molecule has 0 saturated heterocycles. The Kier molecular flexibility index (Phi) is 11.9. The number of amides is 1. The van der Waals surface area contributed by atoms with E-state index in [9.17, 15) is 27.5 Å². The number of nitrogens with zero attached hydrogens (tertiary/aromatic N) is 2.